The third-order valence-corrected chi connectivity index (χ3v) is 3.79. The van der Waals surface area contributed by atoms with Crippen molar-refractivity contribution in [1.82, 2.24) is 4.90 Å². The number of hydrogen-bond donors (Lipinski definition) is 1. The van der Waals surface area contributed by atoms with Gasteiger partial charge in [-0.25, -0.2) is 0 Å². The van der Waals surface area contributed by atoms with E-state index in [-0.39, 0.29) is 11.9 Å². The van der Waals surface area contributed by atoms with Gasteiger partial charge in [-0.3, -0.25) is 9.69 Å². The summed E-state index contributed by atoms with van der Waals surface area (Å²) in [7, 11) is 4.76. The number of ether oxygens (including phenoxy) is 3. The summed E-state index contributed by atoms with van der Waals surface area (Å²) in [6.07, 6.45) is 2.91. The highest BCUT2D eigenvalue weighted by atomic mass is 16.5. The first-order chi connectivity index (χ1) is 9.58. The predicted molar refractivity (Wildman–Crippen MR) is 76.5 cm³/mol. The molecular weight excluding hydrogens is 260 g/mol. The standard InChI is InChI=1S/C14H28N2O4/c1-18-9-4-7-16(8-10-19-2)11-14(15,12-5-6-12)13(17)20-3/h12H,4-11,15H2,1-3H3. The number of nitrogens with two attached hydrogens (primary N) is 1. The van der Waals surface area contributed by atoms with E-state index in [1.807, 2.05) is 0 Å². The van der Waals surface area contributed by atoms with Crippen molar-refractivity contribution < 1.29 is 19.0 Å². The van der Waals surface area contributed by atoms with Crippen LogP contribution in [0.5, 0.6) is 0 Å². The molecule has 2 N–H and O–H groups in total. The number of nitrogens with zero attached hydrogens (tertiary/aromatic N) is 1. The predicted octanol–water partition coefficient (Wildman–Crippen LogP) is 0.252. The summed E-state index contributed by atoms with van der Waals surface area (Å²) in [5.74, 6) is -0.0726. The summed E-state index contributed by atoms with van der Waals surface area (Å²) in [5, 5.41) is 0. The molecule has 0 aromatic heterocycles. The van der Waals surface area contributed by atoms with Gasteiger partial charge in [0.05, 0.1) is 13.7 Å². The average Bonchev–Trinajstić information content (AvgIpc) is 3.28. The average molecular weight is 288 g/mol. The smallest absolute Gasteiger partial charge is 0.327 e. The molecule has 0 saturated heterocycles. The minimum atomic E-state index is -0.893. The highest BCUT2D eigenvalue weighted by Crippen LogP contribution is 2.39. The van der Waals surface area contributed by atoms with Gasteiger partial charge in [0, 0.05) is 40.5 Å². The third kappa shape index (κ3) is 5.01. The lowest BCUT2D eigenvalue weighted by atomic mass is 9.93. The van der Waals surface area contributed by atoms with Gasteiger partial charge in [-0.1, -0.05) is 0 Å². The fraction of sp³-hybridized carbons (Fsp3) is 0.929. The maximum absolute atomic E-state index is 12.0. The highest BCUT2D eigenvalue weighted by molar-refractivity contribution is 5.81. The summed E-state index contributed by atoms with van der Waals surface area (Å²) < 4.78 is 15.1. The molecule has 0 radical (unpaired) electrons. The molecule has 20 heavy (non-hydrogen) atoms. The Morgan fingerprint density at radius 3 is 2.35 bits per heavy atom. The molecule has 0 aromatic carbocycles. The molecule has 0 amide bonds. The Kier molecular flexibility index (Phi) is 7.43. The van der Waals surface area contributed by atoms with Crippen molar-refractivity contribution in [2.24, 2.45) is 11.7 Å². The van der Waals surface area contributed by atoms with Crippen LogP contribution in [0, 0.1) is 5.92 Å². The van der Waals surface area contributed by atoms with Crippen LogP contribution in [0.15, 0.2) is 0 Å². The largest absolute Gasteiger partial charge is 0.468 e. The summed E-state index contributed by atoms with van der Waals surface area (Å²) in [4.78, 5) is 14.2. The summed E-state index contributed by atoms with van der Waals surface area (Å²) >= 11 is 0. The normalized spacial score (nSPS) is 18.1. The molecular formula is C14H28N2O4. The zero-order valence-electron chi connectivity index (χ0n) is 12.9. The van der Waals surface area contributed by atoms with Gasteiger partial charge >= 0.3 is 5.97 Å². The molecule has 0 spiro atoms. The van der Waals surface area contributed by atoms with Crippen LogP contribution >= 0.6 is 0 Å². The van der Waals surface area contributed by atoms with Crippen molar-refractivity contribution in [3.8, 4) is 0 Å². The second-order valence-corrected chi connectivity index (χ2v) is 5.42. The zero-order chi connectivity index (χ0) is 15.0. The van der Waals surface area contributed by atoms with Crippen LogP contribution in [0.1, 0.15) is 19.3 Å². The minimum Gasteiger partial charge on any atom is -0.468 e. The van der Waals surface area contributed by atoms with Crippen LogP contribution in [-0.4, -0.2) is 70.6 Å². The van der Waals surface area contributed by atoms with E-state index in [0.717, 1.165) is 32.4 Å². The fourth-order valence-electron chi connectivity index (χ4n) is 2.44. The third-order valence-electron chi connectivity index (χ3n) is 3.79. The van der Waals surface area contributed by atoms with E-state index in [4.69, 9.17) is 19.9 Å². The number of carbonyl (C=O) groups is 1. The van der Waals surface area contributed by atoms with Crippen LogP contribution in [-0.2, 0) is 19.0 Å². The van der Waals surface area contributed by atoms with E-state index in [9.17, 15) is 4.79 Å². The Bertz CT molecular complexity index is 297. The van der Waals surface area contributed by atoms with Crippen LogP contribution in [0.2, 0.25) is 0 Å². The number of esters is 1. The Morgan fingerprint density at radius 1 is 1.20 bits per heavy atom. The van der Waals surface area contributed by atoms with Crippen molar-refractivity contribution in [1.29, 1.82) is 0 Å². The van der Waals surface area contributed by atoms with Gasteiger partial charge in [0.25, 0.3) is 0 Å². The monoisotopic (exact) mass is 288 g/mol. The first-order valence-corrected chi connectivity index (χ1v) is 7.16. The number of carbonyl (C=O) groups excluding carboxylic acids is 1. The lowest BCUT2D eigenvalue weighted by Crippen LogP contribution is -2.59. The number of hydrogen-bond acceptors (Lipinski definition) is 6. The fourth-order valence-corrected chi connectivity index (χ4v) is 2.44. The second-order valence-electron chi connectivity index (χ2n) is 5.42. The maximum atomic E-state index is 12.0. The second kappa shape index (κ2) is 8.56. The van der Waals surface area contributed by atoms with Crippen LogP contribution in [0.3, 0.4) is 0 Å². The van der Waals surface area contributed by atoms with E-state index in [0.29, 0.717) is 19.8 Å². The molecule has 1 fully saturated rings. The Labute approximate surface area is 121 Å². The molecule has 0 heterocycles. The van der Waals surface area contributed by atoms with E-state index in [2.05, 4.69) is 4.90 Å². The molecule has 0 aromatic rings. The molecule has 1 rings (SSSR count). The number of rotatable bonds is 11. The van der Waals surface area contributed by atoms with Crippen molar-refractivity contribution in [3.63, 3.8) is 0 Å². The van der Waals surface area contributed by atoms with Gasteiger partial charge in [-0.2, -0.15) is 0 Å². The number of methoxy groups -OCH3 is 3. The van der Waals surface area contributed by atoms with Gasteiger partial charge in [0.2, 0.25) is 0 Å². The SMILES string of the molecule is COCCCN(CCOC)CC(N)(C(=O)OC)C1CC1. The van der Waals surface area contributed by atoms with E-state index < -0.39 is 5.54 Å². The molecule has 6 heteroatoms. The van der Waals surface area contributed by atoms with E-state index >= 15 is 0 Å². The summed E-state index contributed by atoms with van der Waals surface area (Å²) in [5.41, 5.74) is 5.45. The molecule has 1 unspecified atom stereocenters. The quantitative estimate of drug-likeness (QED) is 0.434. The molecule has 1 saturated carbocycles. The Hall–Kier alpha value is -0.690. The molecule has 118 valence electrons. The van der Waals surface area contributed by atoms with Crippen molar-refractivity contribution in [3.05, 3.63) is 0 Å². The van der Waals surface area contributed by atoms with Gasteiger partial charge in [0.15, 0.2) is 0 Å². The first-order valence-electron chi connectivity index (χ1n) is 7.16. The van der Waals surface area contributed by atoms with Crippen molar-refractivity contribution in [2.45, 2.75) is 24.8 Å². The molecule has 0 aliphatic heterocycles. The highest BCUT2D eigenvalue weighted by Gasteiger charge is 2.49. The van der Waals surface area contributed by atoms with Crippen LogP contribution < -0.4 is 5.73 Å². The van der Waals surface area contributed by atoms with Gasteiger partial charge in [-0.05, 0) is 25.2 Å². The van der Waals surface area contributed by atoms with E-state index in [1.165, 1.54) is 7.11 Å². The minimum absolute atomic E-state index is 0.238. The Balaban J connectivity index is 2.60. The van der Waals surface area contributed by atoms with Crippen LogP contribution in [0.25, 0.3) is 0 Å². The van der Waals surface area contributed by atoms with Crippen LogP contribution in [0.4, 0.5) is 0 Å². The van der Waals surface area contributed by atoms with Crippen molar-refractivity contribution in [2.75, 3.05) is 54.2 Å². The first kappa shape index (κ1) is 17.4. The molecule has 0 bridgehead atoms. The molecule has 1 aliphatic carbocycles. The van der Waals surface area contributed by atoms with Crippen molar-refractivity contribution >= 4 is 5.97 Å². The topological polar surface area (TPSA) is 74.0 Å². The lowest BCUT2D eigenvalue weighted by Gasteiger charge is -2.33. The Morgan fingerprint density at radius 2 is 1.85 bits per heavy atom. The lowest BCUT2D eigenvalue weighted by molar-refractivity contribution is -0.149. The molecule has 6 nitrogen and oxygen atoms in total. The maximum Gasteiger partial charge on any atom is 0.327 e. The summed E-state index contributed by atoms with van der Waals surface area (Å²) in [6.45, 7) is 3.41. The van der Waals surface area contributed by atoms with E-state index in [1.54, 1.807) is 14.2 Å². The molecule has 1 atom stereocenters. The van der Waals surface area contributed by atoms with Gasteiger partial charge < -0.3 is 19.9 Å². The molecule has 1 aliphatic rings. The van der Waals surface area contributed by atoms with Gasteiger partial charge in [0.1, 0.15) is 5.54 Å². The van der Waals surface area contributed by atoms with Gasteiger partial charge in [-0.15, -0.1) is 0 Å². The summed E-state index contributed by atoms with van der Waals surface area (Å²) in [6, 6.07) is 0. The zero-order valence-corrected chi connectivity index (χ0v) is 12.9.